The second-order valence-electron chi connectivity index (χ2n) is 7.78. The summed E-state index contributed by atoms with van der Waals surface area (Å²) in [6.45, 7) is 8.53. The average molecular weight is 379 g/mol. The molecule has 0 aliphatic carbocycles. The maximum absolute atomic E-state index is 5.98. The maximum atomic E-state index is 5.98. The topological polar surface area (TPSA) is 68.7 Å². The van der Waals surface area contributed by atoms with Crippen LogP contribution in [-0.2, 0) is 14.2 Å². The Bertz CT molecular complexity index is 564. The van der Waals surface area contributed by atoms with Crippen LogP contribution in [0.4, 0.5) is 11.6 Å². The van der Waals surface area contributed by atoms with Crippen molar-refractivity contribution in [1.29, 1.82) is 0 Å². The van der Waals surface area contributed by atoms with Crippen LogP contribution in [0.3, 0.4) is 0 Å². The number of nitrogens with one attached hydrogen (secondary N) is 1. The molecule has 2 aliphatic heterocycles. The number of ether oxygens (including phenoxy) is 3. The van der Waals surface area contributed by atoms with Crippen LogP contribution in [0.15, 0.2) is 12.4 Å². The van der Waals surface area contributed by atoms with E-state index >= 15 is 0 Å². The van der Waals surface area contributed by atoms with Crippen molar-refractivity contribution in [1.82, 2.24) is 9.97 Å². The Balaban J connectivity index is 1.55. The van der Waals surface area contributed by atoms with E-state index in [4.69, 9.17) is 14.2 Å². The van der Waals surface area contributed by atoms with Crippen LogP contribution in [-0.4, -0.2) is 68.2 Å². The van der Waals surface area contributed by atoms with E-state index in [9.17, 15) is 0 Å². The molecule has 1 aromatic heterocycles. The molecule has 3 heterocycles. The van der Waals surface area contributed by atoms with Gasteiger partial charge in [0.1, 0.15) is 18.0 Å². The molecule has 0 bridgehead atoms. The highest BCUT2D eigenvalue weighted by atomic mass is 16.5. The Morgan fingerprint density at radius 3 is 2.78 bits per heavy atom. The molecular formula is C20H34N4O3. The maximum Gasteiger partial charge on any atom is 0.134 e. The van der Waals surface area contributed by atoms with Crippen molar-refractivity contribution in [2.75, 3.05) is 50.2 Å². The van der Waals surface area contributed by atoms with Gasteiger partial charge in [0.05, 0.1) is 31.5 Å². The number of hydrogen-bond donors (Lipinski definition) is 1. The summed E-state index contributed by atoms with van der Waals surface area (Å²) in [6, 6.07) is 2.37. The fourth-order valence-corrected chi connectivity index (χ4v) is 3.95. The van der Waals surface area contributed by atoms with Crippen LogP contribution < -0.4 is 10.2 Å². The predicted molar refractivity (Wildman–Crippen MR) is 106 cm³/mol. The summed E-state index contributed by atoms with van der Waals surface area (Å²) in [4.78, 5) is 11.3. The monoisotopic (exact) mass is 378 g/mol. The van der Waals surface area contributed by atoms with Gasteiger partial charge in [0, 0.05) is 32.9 Å². The Morgan fingerprint density at radius 2 is 2.04 bits per heavy atom. The van der Waals surface area contributed by atoms with E-state index < -0.39 is 0 Å². The van der Waals surface area contributed by atoms with Crippen molar-refractivity contribution in [3.63, 3.8) is 0 Å². The van der Waals surface area contributed by atoms with Gasteiger partial charge in [-0.3, -0.25) is 0 Å². The molecule has 0 amide bonds. The van der Waals surface area contributed by atoms with Gasteiger partial charge < -0.3 is 24.4 Å². The van der Waals surface area contributed by atoms with Gasteiger partial charge in [0.2, 0.25) is 0 Å². The Kier molecular flexibility index (Phi) is 7.67. The lowest BCUT2D eigenvalue weighted by molar-refractivity contribution is -0.0203. The summed E-state index contributed by atoms with van der Waals surface area (Å²) in [5, 5.41) is 3.59. The van der Waals surface area contributed by atoms with Crippen LogP contribution >= 0.6 is 0 Å². The molecule has 2 atom stereocenters. The van der Waals surface area contributed by atoms with E-state index in [2.05, 4.69) is 40.1 Å². The molecule has 0 spiro atoms. The summed E-state index contributed by atoms with van der Waals surface area (Å²) < 4.78 is 16.9. The lowest BCUT2D eigenvalue weighted by Gasteiger charge is -2.35. The zero-order chi connectivity index (χ0) is 19.1. The van der Waals surface area contributed by atoms with Gasteiger partial charge in [0.15, 0.2) is 0 Å². The first-order chi connectivity index (χ1) is 13.2. The number of methoxy groups -OCH3 is 1. The largest absolute Gasteiger partial charge is 0.382 e. The van der Waals surface area contributed by atoms with Gasteiger partial charge in [-0.25, -0.2) is 9.97 Å². The minimum absolute atomic E-state index is 0.233. The van der Waals surface area contributed by atoms with Gasteiger partial charge in [-0.05, 0) is 31.6 Å². The normalized spacial score (nSPS) is 24.4. The second kappa shape index (κ2) is 10.2. The SMILES string of the molecule is COCCOC1CCN(c2cc(N[C@H]3CCCO[C@@H]3C(C)C)ncn2)CC1. The average Bonchev–Trinajstić information content (AvgIpc) is 2.69. The smallest absolute Gasteiger partial charge is 0.134 e. The van der Waals surface area contributed by atoms with Crippen molar-refractivity contribution in [3.8, 4) is 0 Å². The third kappa shape index (κ3) is 5.77. The summed E-state index contributed by atoms with van der Waals surface area (Å²) >= 11 is 0. The molecule has 7 nitrogen and oxygen atoms in total. The van der Waals surface area contributed by atoms with Crippen LogP contribution in [0.5, 0.6) is 0 Å². The molecule has 152 valence electrons. The van der Waals surface area contributed by atoms with Crippen LogP contribution in [0, 0.1) is 5.92 Å². The van der Waals surface area contributed by atoms with E-state index in [1.807, 2.05) is 0 Å². The molecule has 2 aliphatic rings. The zero-order valence-electron chi connectivity index (χ0n) is 16.9. The molecule has 2 fully saturated rings. The Hall–Kier alpha value is -1.44. The first-order valence-corrected chi connectivity index (χ1v) is 10.2. The van der Waals surface area contributed by atoms with Crippen LogP contribution in [0.25, 0.3) is 0 Å². The minimum atomic E-state index is 0.233. The number of anilines is 2. The molecule has 1 N–H and O–H groups in total. The number of aromatic nitrogens is 2. The molecule has 0 unspecified atom stereocenters. The summed E-state index contributed by atoms with van der Waals surface area (Å²) in [5.74, 6) is 2.36. The first-order valence-electron chi connectivity index (χ1n) is 10.2. The number of piperidine rings is 1. The Morgan fingerprint density at radius 1 is 1.22 bits per heavy atom. The quantitative estimate of drug-likeness (QED) is 0.698. The molecular weight excluding hydrogens is 344 g/mol. The number of rotatable bonds is 8. The van der Waals surface area contributed by atoms with Crippen LogP contribution in [0.1, 0.15) is 39.5 Å². The van der Waals surface area contributed by atoms with E-state index in [1.165, 1.54) is 0 Å². The highest BCUT2D eigenvalue weighted by Crippen LogP contribution is 2.25. The van der Waals surface area contributed by atoms with E-state index in [0.29, 0.717) is 31.3 Å². The van der Waals surface area contributed by atoms with Gasteiger partial charge >= 0.3 is 0 Å². The minimum Gasteiger partial charge on any atom is -0.382 e. The first kappa shape index (κ1) is 20.3. The standard InChI is InChI=1S/C20H34N4O3/c1-15(2)20-17(5-4-10-27-20)23-18-13-19(22-14-21-18)24-8-6-16(7-9-24)26-12-11-25-3/h13-17,20H,4-12H2,1-3H3,(H,21,22,23)/t17-,20+/m0/s1. The fraction of sp³-hybridized carbons (Fsp3) is 0.800. The van der Waals surface area contributed by atoms with E-state index in [-0.39, 0.29) is 6.10 Å². The van der Waals surface area contributed by atoms with Crippen molar-refractivity contribution >= 4 is 11.6 Å². The third-order valence-corrected chi connectivity index (χ3v) is 5.42. The lowest BCUT2D eigenvalue weighted by atomic mass is 9.93. The van der Waals surface area contributed by atoms with Gasteiger partial charge in [-0.1, -0.05) is 13.8 Å². The van der Waals surface area contributed by atoms with Crippen LogP contribution in [0.2, 0.25) is 0 Å². The summed E-state index contributed by atoms with van der Waals surface area (Å²) in [7, 11) is 1.70. The molecule has 27 heavy (non-hydrogen) atoms. The highest BCUT2D eigenvalue weighted by Gasteiger charge is 2.29. The number of hydrogen-bond acceptors (Lipinski definition) is 7. The molecule has 1 aromatic rings. The summed E-state index contributed by atoms with van der Waals surface area (Å²) in [5.41, 5.74) is 0. The molecule has 7 heteroatoms. The molecule has 0 aromatic carbocycles. The van der Waals surface area contributed by atoms with E-state index in [0.717, 1.165) is 57.0 Å². The number of nitrogens with zero attached hydrogens (tertiary/aromatic N) is 3. The third-order valence-electron chi connectivity index (χ3n) is 5.42. The predicted octanol–water partition coefficient (Wildman–Crippen LogP) is 2.72. The fourth-order valence-electron chi connectivity index (χ4n) is 3.95. The molecule has 0 radical (unpaired) electrons. The van der Waals surface area contributed by atoms with Gasteiger partial charge in [-0.15, -0.1) is 0 Å². The zero-order valence-corrected chi connectivity index (χ0v) is 16.9. The second-order valence-corrected chi connectivity index (χ2v) is 7.78. The molecule has 0 saturated carbocycles. The highest BCUT2D eigenvalue weighted by molar-refractivity contribution is 5.49. The van der Waals surface area contributed by atoms with Gasteiger partial charge in [0.25, 0.3) is 0 Å². The molecule has 3 rings (SSSR count). The van der Waals surface area contributed by atoms with Crippen molar-refractivity contribution in [3.05, 3.63) is 12.4 Å². The van der Waals surface area contributed by atoms with Crippen molar-refractivity contribution < 1.29 is 14.2 Å². The lowest BCUT2D eigenvalue weighted by Crippen LogP contribution is -2.43. The van der Waals surface area contributed by atoms with Gasteiger partial charge in [-0.2, -0.15) is 0 Å². The van der Waals surface area contributed by atoms with Crippen molar-refractivity contribution in [2.45, 2.75) is 57.8 Å². The van der Waals surface area contributed by atoms with Crippen molar-refractivity contribution in [2.24, 2.45) is 5.92 Å². The summed E-state index contributed by atoms with van der Waals surface area (Å²) in [6.07, 6.45) is 6.46. The molecule has 2 saturated heterocycles. The van der Waals surface area contributed by atoms with E-state index in [1.54, 1.807) is 13.4 Å². The Labute approximate surface area is 162 Å².